The smallest absolute Gasteiger partial charge is 0.308 e. The molecule has 3 rings (SSSR count). The van der Waals surface area contributed by atoms with Crippen molar-refractivity contribution in [2.45, 2.75) is 32.2 Å². The molecule has 8 heteroatoms. The standard InChI is InChI=1S/C25H30N2O6/c1-2-3-15-31-21-11-9-19(10-12-21)25(30)27-14-13-26-24(29)22(27)18-23(28)33-17-16-32-20-7-5-4-6-8-20/h4-12,22H,2-3,13-18H2,1H3,(H,26,29)/t22-/m1/s1. The van der Waals surface area contributed by atoms with Crippen LogP contribution >= 0.6 is 0 Å². The van der Waals surface area contributed by atoms with E-state index in [9.17, 15) is 14.4 Å². The van der Waals surface area contributed by atoms with Crippen molar-refractivity contribution >= 4 is 17.8 Å². The highest BCUT2D eigenvalue weighted by molar-refractivity contribution is 5.99. The van der Waals surface area contributed by atoms with E-state index in [4.69, 9.17) is 14.2 Å². The molecule has 33 heavy (non-hydrogen) atoms. The third-order valence-electron chi connectivity index (χ3n) is 5.18. The summed E-state index contributed by atoms with van der Waals surface area (Å²) in [6.45, 7) is 3.60. The highest BCUT2D eigenvalue weighted by atomic mass is 16.6. The van der Waals surface area contributed by atoms with Crippen molar-refractivity contribution in [3.8, 4) is 11.5 Å². The van der Waals surface area contributed by atoms with Crippen LogP contribution in [0.2, 0.25) is 0 Å². The maximum absolute atomic E-state index is 13.1. The number of hydrogen-bond acceptors (Lipinski definition) is 6. The summed E-state index contributed by atoms with van der Waals surface area (Å²) < 4.78 is 16.3. The molecule has 1 atom stereocenters. The van der Waals surface area contributed by atoms with Crippen molar-refractivity contribution in [3.05, 3.63) is 60.2 Å². The van der Waals surface area contributed by atoms with Crippen molar-refractivity contribution in [3.63, 3.8) is 0 Å². The summed E-state index contributed by atoms with van der Waals surface area (Å²) in [6.07, 6.45) is 1.78. The van der Waals surface area contributed by atoms with Gasteiger partial charge in [-0.15, -0.1) is 0 Å². The number of esters is 1. The van der Waals surface area contributed by atoms with E-state index in [0.29, 0.717) is 36.8 Å². The van der Waals surface area contributed by atoms with Gasteiger partial charge in [0.15, 0.2) is 0 Å². The van der Waals surface area contributed by atoms with Crippen LogP contribution in [0.4, 0.5) is 0 Å². The number of carbonyl (C=O) groups excluding carboxylic acids is 3. The summed E-state index contributed by atoms with van der Waals surface area (Å²) in [7, 11) is 0. The number of piperazine rings is 1. The molecule has 0 aliphatic carbocycles. The lowest BCUT2D eigenvalue weighted by molar-refractivity contribution is -0.148. The van der Waals surface area contributed by atoms with Gasteiger partial charge in [-0.05, 0) is 42.8 Å². The lowest BCUT2D eigenvalue weighted by Gasteiger charge is -2.34. The lowest BCUT2D eigenvalue weighted by Crippen LogP contribution is -2.57. The molecule has 0 spiro atoms. The van der Waals surface area contributed by atoms with Crippen LogP contribution in [-0.2, 0) is 14.3 Å². The highest BCUT2D eigenvalue weighted by Crippen LogP contribution is 2.18. The van der Waals surface area contributed by atoms with Crippen LogP contribution in [0, 0.1) is 0 Å². The van der Waals surface area contributed by atoms with E-state index < -0.39 is 12.0 Å². The summed E-state index contributed by atoms with van der Waals surface area (Å²) in [5, 5.41) is 2.72. The number of carbonyl (C=O) groups is 3. The maximum Gasteiger partial charge on any atom is 0.308 e. The largest absolute Gasteiger partial charge is 0.494 e. The molecule has 2 aromatic carbocycles. The van der Waals surface area contributed by atoms with Gasteiger partial charge in [0.05, 0.1) is 13.0 Å². The number of hydrogen-bond donors (Lipinski definition) is 1. The summed E-state index contributed by atoms with van der Waals surface area (Å²) in [4.78, 5) is 39.2. The van der Waals surface area contributed by atoms with Crippen molar-refractivity contribution in [1.82, 2.24) is 10.2 Å². The zero-order chi connectivity index (χ0) is 23.5. The van der Waals surface area contributed by atoms with Crippen molar-refractivity contribution < 1.29 is 28.6 Å². The fraction of sp³-hybridized carbons (Fsp3) is 0.400. The van der Waals surface area contributed by atoms with Crippen LogP contribution in [0.15, 0.2) is 54.6 Å². The Morgan fingerprint density at radius 2 is 1.67 bits per heavy atom. The van der Waals surface area contributed by atoms with Gasteiger partial charge in [0, 0.05) is 18.7 Å². The Hall–Kier alpha value is -3.55. The molecule has 1 N–H and O–H groups in total. The topological polar surface area (TPSA) is 94.2 Å². The van der Waals surface area contributed by atoms with Crippen molar-refractivity contribution in [1.29, 1.82) is 0 Å². The Morgan fingerprint density at radius 1 is 0.970 bits per heavy atom. The van der Waals surface area contributed by atoms with Gasteiger partial charge in [0.2, 0.25) is 5.91 Å². The SMILES string of the molecule is CCCCOc1ccc(C(=O)N2CCNC(=O)[C@H]2CC(=O)OCCOc2ccccc2)cc1. The van der Waals surface area contributed by atoms with E-state index in [1.54, 1.807) is 24.3 Å². The van der Waals surface area contributed by atoms with Gasteiger partial charge in [-0.3, -0.25) is 14.4 Å². The molecule has 0 unspecified atom stereocenters. The Labute approximate surface area is 193 Å². The first-order chi connectivity index (χ1) is 16.1. The van der Waals surface area contributed by atoms with Crippen molar-refractivity contribution in [2.75, 3.05) is 32.9 Å². The van der Waals surface area contributed by atoms with Crippen LogP contribution in [0.25, 0.3) is 0 Å². The second-order valence-corrected chi connectivity index (χ2v) is 7.62. The van der Waals surface area contributed by atoms with Gasteiger partial charge >= 0.3 is 5.97 Å². The molecule has 1 saturated heterocycles. The Kier molecular flexibility index (Phi) is 9.11. The summed E-state index contributed by atoms with van der Waals surface area (Å²) in [6, 6.07) is 15.1. The number of benzene rings is 2. The molecule has 1 aliphatic heterocycles. The molecule has 1 heterocycles. The Bertz CT molecular complexity index is 916. The summed E-state index contributed by atoms with van der Waals surface area (Å²) in [5.74, 6) is 0.126. The molecule has 2 amide bonds. The molecule has 0 aromatic heterocycles. The zero-order valence-electron chi connectivity index (χ0n) is 18.8. The van der Waals surface area contributed by atoms with Gasteiger partial charge in [0.25, 0.3) is 5.91 Å². The number of unbranched alkanes of at least 4 members (excludes halogenated alkanes) is 1. The molecule has 0 bridgehead atoms. The number of ether oxygens (including phenoxy) is 3. The fourth-order valence-electron chi connectivity index (χ4n) is 3.40. The monoisotopic (exact) mass is 454 g/mol. The number of nitrogens with zero attached hydrogens (tertiary/aromatic N) is 1. The normalized spacial score (nSPS) is 15.5. The summed E-state index contributed by atoms with van der Waals surface area (Å²) in [5.41, 5.74) is 0.433. The van der Waals surface area contributed by atoms with Crippen LogP contribution in [0.5, 0.6) is 11.5 Å². The minimum Gasteiger partial charge on any atom is -0.494 e. The first-order valence-electron chi connectivity index (χ1n) is 11.2. The first-order valence-corrected chi connectivity index (χ1v) is 11.2. The molecule has 1 aliphatic rings. The van der Waals surface area contributed by atoms with Crippen LogP contribution in [0.3, 0.4) is 0 Å². The average Bonchev–Trinajstić information content (AvgIpc) is 2.84. The molecule has 1 fully saturated rings. The third-order valence-corrected chi connectivity index (χ3v) is 5.18. The molecule has 0 radical (unpaired) electrons. The Morgan fingerprint density at radius 3 is 2.39 bits per heavy atom. The Balaban J connectivity index is 1.53. The fourth-order valence-corrected chi connectivity index (χ4v) is 3.40. The molecule has 2 aromatic rings. The van der Waals surface area contributed by atoms with Crippen LogP contribution < -0.4 is 14.8 Å². The second-order valence-electron chi connectivity index (χ2n) is 7.62. The number of rotatable bonds is 11. The number of amides is 2. The molecular weight excluding hydrogens is 424 g/mol. The van der Waals surface area contributed by atoms with E-state index >= 15 is 0 Å². The number of para-hydroxylation sites is 1. The van der Waals surface area contributed by atoms with Gasteiger partial charge < -0.3 is 24.4 Å². The highest BCUT2D eigenvalue weighted by Gasteiger charge is 2.35. The lowest BCUT2D eigenvalue weighted by atomic mass is 10.1. The van der Waals surface area contributed by atoms with Crippen LogP contribution in [-0.4, -0.2) is 61.6 Å². The van der Waals surface area contributed by atoms with Gasteiger partial charge in [0.1, 0.15) is 30.8 Å². The maximum atomic E-state index is 13.1. The van der Waals surface area contributed by atoms with Gasteiger partial charge in [-0.1, -0.05) is 31.5 Å². The minimum atomic E-state index is -0.922. The molecule has 8 nitrogen and oxygen atoms in total. The van der Waals surface area contributed by atoms with E-state index in [2.05, 4.69) is 12.2 Å². The molecule has 176 valence electrons. The van der Waals surface area contributed by atoms with E-state index in [0.717, 1.165) is 12.8 Å². The average molecular weight is 455 g/mol. The quantitative estimate of drug-likeness (QED) is 0.415. The molecular formula is C25H30N2O6. The minimum absolute atomic E-state index is 0.0511. The van der Waals surface area contributed by atoms with Gasteiger partial charge in [-0.2, -0.15) is 0 Å². The predicted molar refractivity (Wildman–Crippen MR) is 122 cm³/mol. The van der Waals surface area contributed by atoms with Gasteiger partial charge in [-0.25, -0.2) is 0 Å². The zero-order valence-corrected chi connectivity index (χ0v) is 18.8. The summed E-state index contributed by atoms with van der Waals surface area (Å²) >= 11 is 0. The van der Waals surface area contributed by atoms with E-state index in [1.807, 2.05) is 30.3 Å². The second kappa shape index (κ2) is 12.5. The predicted octanol–water partition coefficient (Wildman–Crippen LogP) is 2.82. The number of nitrogens with one attached hydrogen (secondary N) is 1. The first kappa shape index (κ1) is 24.1. The molecule has 0 saturated carbocycles. The van der Waals surface area contributed by atoms with E-state index in [-0.39, 0.29) is 31.4 Å². The van der Waals surface area contributed by atoms with Crippen LogP contribution in [0.1, 0.15) is 36.5 Å². The third kappa shape index (κ3) is 7.24. The van der Waals surface area contributed by atoms with E-state index in [1.165, 1.54) is 4.90 Å². The van der Waals surface area contributed by atoms with Crippen molar-refractivity contribution in [2.24, 2.45) is 0 Å².